The zero-order valence-electron chi connectivity index (χ0n) is 44.7. The number of allylic oxidation sites excluding steroid dienone is 5. The van der Waals surface area contributed by atoms with Crippen LogP contribution in [0.4, 0.5) is 17.1 Å². The van der Waals surface area contributed by atoms with E-state index >= 15 is 0 Å². The molecule has 0 atom stereocenters. The molecular weight excluding hydrogens is 989 g/mol. The molecule has 0 unspecified atom stereocenters. The highest BCUT2D eigenvalue weighted by Crippen LogP contribution is 2.53. The molecule has 1 aliphatic rings. The molecule has 1 aliphatic carbocycles. The molecule has 0 aliphatic heterocycles. The Morgan fingerprint density at radius 1 is 0.475 bits per heavy atom. The highest BCUT2D eigenvalue weighted by Gasteiger charge is 2.36. The average molecular weight is 1040 g/mol. The van der Waals surface area contributed by atoms with Crippen LogP contribution in [0.5, 0.6) is 0 Å². The summed E-state index contributed by atoms with van der Waals surface area (Å²) in [7, 11) is 0. The fourth-order valence-electron chi connectivity index (χ4n) is 12.9. The van der Waals surface area contributed by atoms with Gasteiger partial charge in [0.2, 0.25) is 0 Å². The number of nitrogens with zero attached hydrogens (tertiary/aromatic N) is 2. The molecule has 0 radical (unpaired) electrons. The number of aromatic nitrogens is 1. The number of fused-ring (bicyclic) bond motifs is 12. The molecule has 4 heteroatoms. The van der Waals surface area contributed by atoms with E-state index in [9.17, 15) is 0 Å². The van der Waals surface area contributed by atoms with Gasteiger partial charge < -0.3 is 13.9 Å². The van der Waals surface area contributed by atoms with Crippen LogP contribution < -0.4 is 4.90 Å². The summed E-state index contributed by atoms with van der Waals surface area (Å²) in [5, 5.41) is 7.34. The molecule has 0 fully saturated rings. The molecular formula is C76H54N2OS. The number of hydrogen-bond donors (Lipinski definition) is 0. The van der Waals surface area contributed by atoms with E-state index in [0.29, 0.717) is 0 Å². The third kappa shape index (κ3) is 7.47. The van der Waals surface area contributed by atoms with E-state index in [1.807, 2.05) is 23.5 Å². The van der Waals surface area contributed by atoms with Crippen LogP contribution in [0.1, 0.15) is 31.9 Å². The van der Waals surface area contributed by atoms with Crippen LogP contribution in [0.15, 0.2) is 272 Å². The first-order chi connectivity index (χ1) is 39.3. The first-order valence-corrected chi connectivity index (χ1v) is 28.4. The van der Waals surface area contributed by atoms with Crippen molar-refractivity contribution < 1.29 is 4.42 Å². The quantitative estimate of drug-likeness (QED) is 0.127. The maximum absolute atomic E-state index is 6.53. The molecule has 0 saturated heterocycles. The molecule has 3 aromatic heterocycles. The van der Waals surface area contributed by atoms with Crippen molar-refractivity contribution in [2.75, 3.05) is 4.90 Å². The monoisotopic (exact) mass is 1040 g/mol. The third-order valence-corrected chi connectivity index (χ3v) is 17.9. The van der Waals surface area contributed by atoms with Crippen molar-refractivity contribution in [3.8, 4) is 55.6 Å². The molecule has 14 aromatic rings. The van der Waals surface area contributed by atoms with Gasteiger partial charge in [0.1, 0.15) is 11.2 Å². The number of thiophene rings is 1. The SMILES string of the molecule is C=C/C=C(\C=C/C)n1c2ccccc2c2c(-c3ccc4c(c3)C(C)(C)c3ccc(-c5ccccc5N(c5ccc(-c6ccc7sc8ccccc8c7c6)cc5)c5ccc(-c6cccc7c6oc6ccccc67)cc5)cc3-4)cccc21. The van der Waals surface area contributed by atoms with Crippen molar-refractivity contribution in [1.29, 1.82) is 0 Å². The molecule has 80 heavy (non-hydrogen) atoms. The van der Waals surface area contributed by atoms with E-state index in [1.165, 1.54) is 92.0 Å². The van der Waals surface area contributed by atoms with E-state index in [4.69, 9.17) is 4.42 Å². The van der Waals surface area contributed by atoms with Crippen molar-refractivity contribution in [2.24, 2.45) is 0 Å². The van der Waals surface area contributed by atoms with Crippen LogP contribution >= 0.6 is 11.3 Å². The molecule has 0 spiro atoms. The molecule has 380 valence electrons. The summed E-state index contributed by atoms with van der Waals surface area (Å²) < 4.78 is 11.5. The van der Waals surface area contributed by atoms with E-state index in [-0.39, 0.29) is 5.41 Å². The number of furan rings is 1. The summed E-state index contributed by atoms with van der Waals surface area (Å²) >= 11 is 1.86. The zero-order valence-corrected chi connectivity index (χ0v) is 45.6. The van der Waals surface area contributed by atoms with Crippen LogP contribution in [0.25, 0.3) is 125 Å². The number of hydrogen-bond acceptors (Lipinski definition) is 3. The maximum Gasteiger partial charge on any atom is 0.143 e. The Morgan fingerprint density at radius 3 is 1.93 bits per heavy atom. The van der Waals surface area contributed by atoms with Crippen LogP contribution in [0.2, 0.25) is 0 Å². The molecule has 0 amide bonds. The van der Waals surface area contributed by atoms with E-state index in [0.717, 1.165) is 61.4 Å². The van der Waals surface area contributed by atoms with Gasteiger partial charge >= 0.3 is 0 Å². The second-order valence-electron chi connectivity index (χ2n) is 21.6. The van der Waals surface area contributed by atoms with Gasteiger partial charge in [-0.25, -0.2) is 0 Å². The lowest BCUT2D eigenvalue weighted by Gasteiger charge is -2.28. The van der Waals surface area contributed by atoms with Gasteiger partial charge in [0, 0.05) is 75.3 Å². The lowest BCUT2D eigenvalue weighted by molar-refractivity contribution is 0.660. The molecule has 0 bridgehead atoms. The van der Waals surface area contributed by atoms with E-state index in [2.05, 4.69) is 286 Å². The number of para-hydroxylation sites is 4. The minimum Gasteiger partial charge on any atom is -0.455 e. The van der Waals surface area contributed by atoms with Crippen molar-refractivity contribution in [2.45, 2.75) is 26.2 Å². The van der Waals surface area contributed by atoms with E-state index < -0.39 is 0 Å². The number of rotatable bonds is 10. The first kappa shape index (κ1) is 47.5. The number of anilines is 3. The van der Waals surface area contributed by atoms with Crippen molar-refractivity contribution in [3.63, 3.8) is 0 Å². The Bertz CT molecular complexity index is 4880. The highest BCUT2D eigenvalue weighted by molar-refractivity contribution is 7.25. The topological polar surface area (TPSA) is 21.3 Å². The minimum atomic E-state index is -0.226. The van der Waals surface area contributed by atoms with Gasteiger partial charge in [0.05, 0.1) is 16.7 Å². The van der Waals surface area contributed by atoms with Crippen LogP contribution in [0.3, 0.4) is 0 Å². The molecule has 3 heterocycles. The standard InChI is InChI=1S/C76H54N2OS/c1-5-17-53(18-6-2)78-69-27-12-8-22-63(69)74-57(23-16-28-70(74)78)52-35-42-59-64-46-51(36-43-66(64)76(3,4)67(59)47-52)56-19-7-11-26-68(56)77(54-38-31-48(32-39-54)50-37-44-73-65(45-50)61-21-10-14-30-72(61)80-73)55-40-33-49(34-41-55)58-24-15-25-62-60-20-9-13-29-71(60)79-75(58)62/h5-47H,1H2,2-4H3/b18-6-,53-17+. The predicted molar refractivity (Wildman–Crippen MR) is 343 cm³/mol. The van der Waals surface area contributed by atoms with Gasteiger partial charge in [0.25, 0.3) is 0 Å². The fourth-order valence-corrected chi connectivity index (χ4v) is 14.0. The third-order valence-electron chi connectivity index (χ3n) is 16.7. The summed E-state index contributed by atoms with van der Waals surface area (Å²) in [5.41, 5.74) is 22.8. The van der Waals surface area contributed by atoms with Gasteiger partial charge in [-0.15, -0.1) is 11.3 Å². The smallest absolute Gasteiger partial charge is 0.143 e. The summed E-state index contributed by atoms with van der Waals surface area (Å²) in [4.78, 5) is 2.42. The molecule has 3 nitrogen and oxygen atoms in total. The Hall–Kier alpha value is -9.74. The Labute approximate surface area is 469 Å². The van der Waals surface area contributed by atoms with Crippen molar-refractivity contribution >= 4 is 98.0 Å². The van der Waals surface area contributed by atoms with Crippen LogP contribution in [-0.4, -0.2) is 4.57 Å². The Kier molecular flexibility index (Phi) is 11.1. The normalized spacial score (nSPS) is 13.1. The Balaban J connectivity index is 0.840. The van der Waals surface area contributed by atoms with Crippen molar-refractivity contribution in [3.05, 3.63) is 279 Å². The maximum atomic E-state index is 6.53. The minimum absolute atomic E-state index is 0.226. The van der Waals surface area contributed by atoms with Crippen molar-refractivity contribution in [1.82, 2.24) is 4.57 Å². The van der Waals surface area contributed by atoms with Gasteiger partial charge in [-0.2, -0.15) is 0 Å². The van der Waals surface area contributed by atoms with Crippen LogP contribution in [0, 0.1) is 0 Å². The van der Waals surface area contributed by atoms with Gasteiger partial charge in [-0.05, 0) is 154 Å². The molecule has 0 N–H and O–H groups in total. The summed E-state index contributed by atoms with van der Waals surface area (Å²) in [6, 6.07) is 87.2. The molecule has 0 saturated carbocycles. The lowest BCUT2D eigenvalue weighted by Crippen LogP contribution is -2.15. The fraction of sp³-hybridized carbons (Fsp3) is 0.0526. The first-order valence-electron chi connectivity index (χ1n) is 27.5. The number of benzene rings is 11. The lowest BCUT2D eigenvalue weighted by atomic mass is 9.81. The molecule has 11 aromatic carbocycles. The van der Waals surface area contributed by atoms with Gasteiger partial charge in [0.15, 0.2) is 0 Å². The Morgan fingerprint density at radius 2 is 1.10 bits per heavy atom. The average Bonchev–Trinajstić information content (AvgIpc) is 4.31. The molecule has 15 rings (SSSR count). The van der Waals surface area contributed by atoms with E-state index in [1.54, 1.807) is 0 Å². The van der Waals surface area contributed by atoms with Crippen LogP contribution in [-0.2, 0) is 5.41 Å². The summed E-state index contributed by atoms with van der Waals surface area (Å²) in [6.07, 6.45) is 8.22. The summed E-state index contributed by atoms with van der Waals surface area (Å²) in [6.45, 7) is 10.9. The highest BCUT2D eigenvalue weighted by atomic mass is 32.1. The second-order valence-corrected chi connectivity index (χ2v) is 22.6. The zero-order chi connectivity index (χ0) is 53.6. The summed E-state index contributed by atoms with van der Waals surface area (Å²) in [5.74, 6) is 0. The largest absolute Gasteiger partial charge is 0.455 e. The predicted octanol–water partition coefficient (Wildman–Crippen LogP) is 22.1. The van der Waals surface area contributed by atoms with Gasteiger partial charge in [-0.1, -0.05) is 190 Å². The van der Waals surface area contributed by atoms with Gasteiger partial charge in [-0.3, -0.25) is 0 Å². The second kappa shape index (κ2) is 18.7.